The van der Waals surface area contributed by atoms with Crippen molar-refractivity contribution in [3.63, 3.8) is 0 Å². The lowest BCUT2D eigenvalue weighted by molar-refractivity contribution is -0.122. The van der Waals surface area contributed by atoms with E-state index in [2.05, 4.69) is 36.2 Å². The first kappa shape index (κ1) is 25.5. The lowest BCUT2D eigenvalue weighted by Gasteiger charge is -2.26. The van der Waals surface area contributed by atoms with Gasteiger partial charge in [0.05, 0.1) is 31.4 Å². The van der Waals surface area contributed by atoms with E-state index in [1.54, 1.807) is 18.5 Å². The molecule has 0 spiro atoms. The molecule has 4 aromatic heterocycles. The molecule has 0 amide bonds. The van der Waals surface area contributed by atoms with Crippen LogP contribution in [0, 0.1) is 18.3 Å². The molecule has 0 radical (unpaired) electrons. The zero-order valence-electron chi connectivity index (χ0n) is 20.5. The Bertz CT molecular complexity index is 1410. The normalized spacial score (nSPS) is 13.3. The minimum absolute atomic E-state index is 0.250. The van der Waals surface area contributed by atoms with Gasteiger partial charge in [-0.1, -0.05) is 6.07 Å². The van der Waals surface area contributed by atoms with Crippen LogP contribution in [0.5, 0.6) is 11.6 Å². The summed E-state index contributed by atoms with van der Waals surface area (Å²) >= 11 is 0. The maximum Gasteiger partial charge on any atom is 0.290 e. The second kappa shape index (κ2) is 11.9. The molecule has 0 bridgehead atoms. The number of fused-ring (bicyclic) bond motifs is 1. The molecule has 2 N–H and O–H groups in total. The van der Waals surface area contributed by atoms with Gasteiger partial charge in [0.1, 0.15) is 23.1 Å². The Morgan fingerprint density at radius 1 is 1.22 bits per heavy atom. The van der Waals surface area contributed by atoms with Crippen molar-refractivity contribution in [1.82, 2.24) is 29.4 Å². The first-order valence-corrected chi connectivity index (χ1v) is 11.5. The molecule has 12 nitrogen and oxygen atoms in total. The number of anilines is 2. The first-order valence-electron chi connectivity index (χ1n) is 11.5. The van der Waals surface area contributed by atoms with Gasteiger partial charge in [-0.05, 0) is 30.2 Å². The Hall–Kier alpha value is -4.60. The Morgan fingerprint density at radius 2 is 2.00 bits per heavy atom. The van der Waals surface area contributed by atoms with Gasteiger partial charge in [-0.3, -0.25) is 9.69 Å². The van der Waals surface area contributed by atoms with Gasteiger partial charge < -0.3 is 24.5 Å². The number of morpholine rings is 1. The van der Waals surface area contributed by atoms with Crippen molar-refractivity contribution in [3.8, 4) is 17.7 Å². The maximum atomic E-state index is 9.05. The number of ether oxygens (including phenoxy) is 2. The molecule has 5 heterocycles. The fourth-order valence-electron chi connectivity index (χ4n) is 3.79. The second-order valence-electron chi connectivity index (χ2n) is 8.26. The fraction of sp³-hybridized carbons (Fsp3) is 0.280. The molecule has 12 heteroatoms. The molecule has 5 rings (SSSR count). The highest BCUT2D eigenvalue weighted by molar-refractivity contribution is 5.88. The minimum Gasteiger partial charge on any atom is -0.483 e. The van der Waals surface area contributed by atoms with Crippen LogP contribution >= 0.6 is 0 Å². The van der Waals surface area contributed by atoms with Crippen LogP contribution in [0.2, 0.25) is 0 Å². The van der Waals surface area contributed by atoms with Gasteiger partial charge in [0.2, 0.25) is 5.88 Å². The number of nitriles is 1. The SMILES string of the molecule is Cc1cc(C#N)ncc1Oc1cc(Nc2ccc(CN3CCOCC3)cn2)c2ncn(C)c2n1.O=CO. The summed E-state index contributed by atoms with van der Waals surface area (Å²) in [6.45, 7) is 5.89. The van der Waals surface area contributed by atoms with E-state index in [-0.39, 0.29) is 6.47 Å². The number of rotatable bonds is 6. The third-order valence-corrected chi connectivity index (χ3v) is 5.63. The van der Waals surface area contributed by atoms with E-state index in [4.69, 9.17) is 24.6 Å². The van der Waals surface area contributed by atoms with Gasteiger partial charge >= 0.3 is 0 Å². The number of aryl methyl sites for hydroxylation is 2. The largest absolute Gasteiger partial charge is 0.483 e. The van der Waals surface area contributed by atoms with Crippen molar-refractivity contribution >= 4 is 29.1 Å². The molecular weight excluding hydrogens is 476 g/mol. The number of imidazole rings is 1. The summed E-state index contributed by atoms with van der Waals surface area (Å²) in [6.07, 6.45) is 5.13. The zero-order chi connectivity index (χ0) is 26.2. The zero-order valence-corrected chi connectivity index (χ0v) is 20.5. The molecule has 190 valence electrons. The number of hydrogen-bond acceptors (Lipinski definition) is 10. The molecule has 1 aliphatic rings. The van der Waals surface area contributed by atoms with Crippen LogP contribution in [0.3, 0.4) is 0 Å². The van der Waals surface area contributed by atoms with Gasteiger partial charge in [0, 0.05) is 38.9 Å². The summed E-state index contributed by atoms with van der Waals surface area (Å²) in [5, 5.41) is 19.3. The summed E-state index contributed by atoms with van der Waals surface area (Å²) in [7, 11) is 1.88. The summed E-state index contributed by atoms with van der Waals surface area (Å²) < 4.78 is 13.3. The number of aromatic nitrogens is 5. The van der Waals surface area contributed by atoms with E-state index in [0.717, 1.165) is 49.7 Å². The van der Waals surface area contributed by atoms with Crippen LogP contribution in [0.4, 0.5) is 11.5 Å². The number of nitrogens with one attached hydrogen (secondary N) is 1. The van der Waals surface area contributed by atoms with Crippen LogP contribution in [0.25, 0.3) is 11.2 Å². The van der Waals surface area contributed by atoms with Crippen LogP contribution in [0.15, 0.2) is 43.0 Å². The van der Waals surface area contributed by atoms with Gasteiger partial charge in [0.25, 0.3) is 6.47 Å². The minimum atomic E-state index is -0.250. The molecule has 1 fully saturated rings. The number of carbonyl (C=O) groups is 1. The molecule has 0 aromatic carbocycles. The highest BCUT2D eigenvalue weighted by Crippen LogP contribution is 2.31. The smallest absolute Gasteiger partial charge is 0.290 e. The Balaban J connectivity index is 0.00000102. The third kappa shape index (κ3) is 6.35. The molecule has 37 heavy (non-hydrogen) atoms. The number of pyridine rings is 3. The van der Waals surface area contributed by atoms with E-state index in [0.29, 0.717) is 34.3 Å². The van der Waals surface area contributed by atoms with Crippen molar-refractivity contribution in [2.24, 2.45) is 7.05 Å². The topological polar surface area (TPSA) is 151 Å². The Morgan fingerprint density at radius 3 is 2.68 bits per heavy atom. The summed E-state index contributed by atoms with van der Waals surface area (Å²) in [6, 6.07) is 9.53. The number of carboxylic acid groups (broad SMARTS) is 1. The molecule has 0 aliphatic carbocycles. The third-order valence-electron chi connectivity index (χ3n) is 5.63. The predicted molar refractivity (Wildman–Crippen MR) is 135 cm³/mol. The number of hydrogen-bond donors (Lipinski definition) is 2. The van der Waals surface area contributed by atoms with Gasteiger partial charge in [0.15, 0.2) is 11.4 Å². The van der Waals surface area contributed by atoms with Gasteiger partial charge in [-0.25, -0.2) is 15.0 Å². The lowest BCUT2D eigenvalue weighted by Crippen LogP contribution is -2.35. The Labute approximate surface area is 213 Å². The van der Waals surface area contributed by atoms with E-state index in [9.17, 15) is 0 Å². The van der Waals surface area contributed by atoms with Crippen molar-refractivity contribution < 1.29 is 19.4 Å². The molecular formula is C25H26N8O4. The predicted octanol–water partition coefficient (Wildman–Crippen LogP) is 3.01. The molecule has 0 saturated carbocycles. The van der Waals surface area contributed by atoms with Crippen molar-refractivity contribution in [2.45, 2.75) is 13.5 Å². The van der Waals surface area contributed by atoms with Crippen molar-refractivity contribution in [1.29, 1.82) is 5.26 Å². The van der Waals surface area contributed by atoms with Crippen LogP contribution in [-0.2, 0) is 23.1 Å². The highest BCUT2D eigenvalue weighted by atomic mass is 16.5. The number of nitrogens with zero attached hydrogens (tertiary/aromatic N) is 7. The van der Waals surface area contributed by atoms with Gasteiger partial charge in [-0.15, -0.1) is 0 Å². The maximum absolute atomic E-state index is 9.05. The molecule has 0 atom stereocenters. The van der Waals surface area contributed by atoms with Crippen LogP contribution in [0.1, 0.15) is 16.8 Å². The second-order valence-corrected chi connectivity index (χ2v) is 8.26. The molecule has 4 aromatic rings. The van der Waals surface area contributed by atoms with E-state index in [1.165, 1.54) is 6.20 Å². The van der Waals surface area contributed by atoms with E-state index < -0.39 is 0 Å². The quantitative estimate of drug-likeness (QED) is 0.374. The first-order chi connectivity index (χ1) is 18.0. The average Bonchev–Trinajstić information content (AvgIpc) is 3.28. The Kier molecular flexibility index (Phi) is 8.19. The van der Waals surface area contributed by atoms with Crippen LogP contribution in [-0.4, -0.2) is 67.3 Å². The van der Waals surface area contributed by atoms with Crippen molar-refractivity contribution in [3.05, 3.63) is 59.8 Å². The standard InChI is InChI=1S/C24H24N8O2.CH2O2/c1-16-9-18(11-25)26-13-20(16)34-22-10-19(23-24(30-22)31(2)15-28-23)29-21-4-3-17(12-27-21)14-32-5-7-33-8-6-32;2-1-3/h3-4,9-10,12-13,15H,5-8,14H2,1-2H3,(H,27,29,30);1H,(H,2,3). The summed E-state index contributed by atoms with van der Waals surface area (Å²) in [5.74, 6) is 1.62. The highest BCUT2D eigenvalue weighted by Gasteiger charge is 2.15. The summed E-state index contributed by atoms with van der Waals surface area (Å²) in [4.78, 5) is 28.5. The fourth-order valence-corrected chi connectivity index (χ4v) is 3.79. The molecule has 0 unspecified atom stereocenters. The van der Waals surface area contributed by atoms with Crippen LogP contribution < -0.4 is 10.1 Å². The van der Waals surface area contributed by atoms with Gasteiger partial charge in [-0.2, -0.15) is 10.2 Å². The lowest BCUT2D eigenvalue weighted by atomic mass is 10.2. The molecule has 1 aliphatic heterocycles. The monoisotopic (exact) mass is 502 g/mol. The van der Waals surface area contributed by atoms with Crippen molar-refractivity contribution in [2.75, 3.05) is 31.6 Å². The van der Waals surface area contributed by atoms with E-state index >= 15 is 0 Å². The van der Waals surface area contributed by atoms with E-state index in [1.807, 2.05) is 36.9 Å². The molecule has 1 saturated heterocycles. The summed E-state index contributed by atoms with van der Waals surface area (Å²) in [5.41, 5.74) is 4.40. The average molecular weight is 503 g/mol.